The highest BCUT2D eigenvalue weighted by molar-refractivity contribution is 7.10. The molecule has 1 nitrogen and oxygen atoms in total. The van der Waals surface area contributed by atoms with Crippen LogP contribution in [0.2, 0.25) is 0 Å². The van der Waals surface area contributed by atoms with E-state index in [2.05, 4.69) is 0 Å². The zero-order chi connectivity index (χ0) is 13.8. The molecule has 0 bridgehead atoms. The number of carbonyl (C=O) groups is 1. The third-order valence-electron chi connectivity index (χ3n) is 3.28. The molecule has 20 heavy (non-hydrogen) atoms. The van der Waals surface area contributed by atoms with E-state index in [9.17, 15) is 4.79 Å². The summed E-state index contributed by atoms with van der Waals surface area (Å²) in [5, 5.41) is 2.02. The van der Waals surface area contributed by atoms with Crippen LogP contribution >= 0.6 is 11.3 Å². The van der Waals surface area contributed by atoms with Gasteiger partial charge in [-0.3, -0.25) is 4.79 Å². The van der Waals surface area contributed by atoms with E-state index in [4.69, 9.17) is 0 Å². The Morgan fingerprint density at radius 2 is 1.45 bits per heavy atom. The molecule has 1 atom stereocenters. The second kappa shape index (κ2) is 5.85. The Bertz CT molecular complexity index is 672. The Kier molecular flexibility index (Phi) is 3.75. The molecular weight excluding hydrogens is 264 g/mol. The quantitative estimate of drug-likeness (QED) is 0.629. The molecule has 0 radical (unpaired) electrons. The number of thiophene rings is 1. The largest absolute Gasteiger partial charge is 0.293 e. The van der Waals surface area contributed by atoms with Gasteiger partial charge in [-0.1, -0.05) is 66.7 Å². The fraction of sp³-hybridized carbons (Fsp3) is 0.0556. The van der Waals surface area contributed by atoms with Crippen molar-refractivity contribution in [2.75, 3.05) is 0 Å². The average molecular weight is 278 g/mol. The topological polar surface area (TPSA) is 17.1 Å². The van der Waals surface area contributed by atoms with E-state index >= 15 is 0 Å². The van der Waals surface area contributed by atoms with Gasteiger partial charge in [0.05, 0.1) is 5.92 Å². The summed E-state index contributed by atoms with van der Waals surface area (Å²) in [5.74, 6) is -0.0575. The lowest BCUT2D eigenvalue weighted by molar-refractivity contribution is 0.0975. The third kappa shape index (κ3) is 2.56. The van der Waals surface area contributed by atoms with Gasteiger partial charge in [0.25, 0.3) is 0 Å². The molecule has 1 heterocycles. The summed E-state index contributed by atoms with van der Waals surface area (Å²) in [6.07, 6.45) is 0. The van der Waals surface area contributed by atoms with Crippen molar-refractivity contribution in [1.29, 1.82) is 0 Å². The second-order valence-electron chi connectivity index (χ2n) is 4.59. The number of hydrogen-bond acceptors (Lipinski definition) is 2. The first-order valence-electron chi connectivity index (χ1n) is 6.54. The van der Waals surface area contributed by atoms with Crippen molar-refractivity contribution in [3.63, 3.8) is 0 Å². The van der Waals surface area contributed by atoms with Crippen LogP contribution in [0.1, 0.15) is 26.7 Å². The summed E-state index contributed by atoms with van der Waals surface area (Å²) < 4.78 is 0. The van der Waals surface area contributed by atoms with Crippen LogP contribution in [-0.2, 0) is 0 Å². The molecule has 1 aromatic heterocycles. The first-order chi connectivity index (χ1) is 9.86. The summed E-state index contributed by atoms with van der Waals surface area (Å²) in [6, 6.07) is 23.5. The zero-order valence-corrected chi connectivity index (χ0v) is 11.7. The van der Waals surface area contributed by atoms with Gasteiger partial charge in [-0.2, -0.15) is 0 Å². The normalized spacial score (nSPS) is 12.0. The van der Waals surface area contributed by atoms with Gasteiger partial charge < -0.3 is 0 Å². The Morgan fingerprint density at radius 3 is 2.05 bits per heavy atom. The molecule has 0 spiro atoms. The summed E-state index contributed by atoms with van der Waals surface area (Å²) in [4.78, 5) is 13.9. The van der Waals surface area contributed by atoms with Crippen LogP contribution in [0.15, 0.2) is 78.2 Å². The SMILES string of the molecule is O=C(c1ccccc1)C(c1ccccc1)c1cccs1. The third-order valence-corrected chi connectivity index (χ3v) is 4.22. The van der Waals surface area contributed by atoms with Crippen molar-refractivity contribution in [3.8, 4) is 0 Å². The first kappa shape index (κ1) is 12.8. The fourth-order valence-corrected chi connectivity index (χ4v) is 3.17. The molecule has 0 saturated carbocycles. The van der Waals surface area contributed by atoms with E-state index in [1.807, 2.05) is 78.2 Å². The maximum absolute atomic E-state index is 12.9. The first-order valence-corrected chi connectivity index (χ1v) is 7.42. The maximum Gasteiger partial charge on any atom is 0.175 e. The summed E-state index contributed by atoms with van der Waals surface area (Å²) in [5.41, 5.74) is 1.80. The van der Waals surface area contributed by atoms with Crippen LogP contribution in [0.3, 0.4) is 0 Å². The van der Waals surface area contributed by atoms with Crippen molar-refractivity contribution in [1.82, 2.24) is 0 Å². The van der Waals surface area contributed by atoms with E-state index in [0.717, 1.165) is 16.0 Å². The van der Waals surface area contributed by atoms with Gasteiger partial charge in [0.2, 0.25) is 0 Å². The second-order valence-corrected chi connectivity index (χ2v) is 5.57. The van der Waals surface area contributed by atoms with Gasteiger partial charge >= 0.3 is 0 Å². The van der Waals surface area contributed by atoms with Crippen LogP contribution in [0.4, 0.5) is 0 Å². The number of Topliss-reactive ketones (excluding diaryl/α,β-unsaturated/α-hetero) is 1. The molecule has 0 amide bonds. The molecule has 98 valence electrons. The highest BCUT2D eigenvalue weighted by Gasteiger charge is 2.24. The van der Waals surface area contributed by atoms with Crippen molar-refractivity contribution in [3.05, 3.63) is 94.2 Å². The molecule has 0 saturated heterocycles. The molecule has 3 aromatic rings. The minimum atomic E-state index is -0.210. The Morgan fingerprint density at radius 1 is 0.800 bits per heavy atom. The molecule has 0 N–H and O–H groups in total. The van der Waals surface area contributed by atoms with E-state index in [1.54, 1.807) is 11.3 Å². The molecular formula is C18H14OS. The highest BCUT2D eigenvalue weighted by Crippen LogP contribution is 2.31. The molecule has 0 aliphatic heterocycles. The molecule has 2 aromatic carbocycles. The van der Waals surface area contributed by atoms with E-state index in [0.29, 0.717) is 0 Å². The predicted octanol–water partition coefficient (Wildman–Crippen LogP) is 4.76. The number of rotatable bonds is 4. The molecule has 1 unspecified atom stereocenters. The van der Waals surface area contributed by atoms with Crippen LogP contribution < -0.4 is 0 Å². The fourth-order valence-electron chi connectivity index (χ4n) is 2.31. The van der Waals surface area contributed by atoms with Crippen molar-refractivity contribution in [2.24, 2.45) is 0 Å². The number of hydrogen-bond donors (Lipinski definition) is 0. The maximum atomic E-state index is 12.9. The van der Waals surface area contributed by atoms with Gasteiger partial charge in [-0.25, -0.2) is 0 Å². The smallest absolute Gasteiger partial charge is 0.175 e. The van der Waals surface area contributed by atoms with E-state index in [1.165, 1.54) is 0 Å². The monoisotopic (exact) mass is 278 g/mol. The number of benzene rings is 2. The summed E-state index contributed by atoms with van der Waals surface area (Å²) in [7, 11) is 0. The number of carbonyl (C=O) groups excluding carboxylic acids is 1. The van der Waals surface area contributed by atoms with Crippen LogP contribution in [-0.4, -0.2) is 5.78 Å². The Hall–Kier alpha value is -2.19. The molecule has 0 aliphatic rings. The van der Waals surface area contributed by atoms with E-state index < -0.39 is 0 Å². The van der Waals surface area contributed by atoms with Crippen LogP contribution in [0, 0.1) is 0 Å². The predicted molar refractivity (Wildman–Crippen MR) is 83.4 cm³/mol. The zero-order valence-electron chi connectivity index (χ0n) is 10.9. The van der Waals surface area contributed by atoms with Gasteiger partial charge in [0.1, 0.15) is 0 Å². The van der Waals surface area contributed by atoms with Gasteiger partial charge in [-0.05, 0) is 17.0 Å². The lowest BCUT2D eigenvalue weighted by Crippen LogP contribution is -2.13. The van der Waals surface area contributed by atoms with Crippen LogP contribution in [0.5, 0.6) is 0 Å². The average Bonchev–Trinajstić information content (AvgIpc) is 3.03. The lowest BCUT2D eigenvalue weighted by atomic mass is 9.89. The minimum Gasteiger partial charge on any atom is -0.293 e. The van der Waals surface area contributed by atoms with Gasteiger partial charge in [0, 0.05) is 10.4 Å². The highest BCUT2D eigenvalue weighted by atomic mass is 32.1. The molecule has 2 heteroatoms. The van der Waals surface area contributed by atoms with Crippen molar-refractivity contribution >= 4 is 17.1 Å². The molecule has 0 fully saturated rings. The van der Waals surface area contributed by atoms with Crippen molar-refractivity contribution < 1.29 is 4.79 Å². The van der Waals surface area contributed by atoms with Crippen LogP contribution in [0.25, 0.3) is 0 Å². The summed E-state index contributed by atoms with van der Waals surface area (Å²) in [6.45, 7) is 0. The molecule has 3 rings (SSSR count). The van der Waals surface area contributed by atoms with Crippen molar-refractivity contribution in [2.45, 2.75) is 5.92 Å². The summed E-state index contributed by atoms with van der Waals surface area (Å²) >= 11 is 1.63. The minimum absolute atomic E-state index is 0.152. The Balaban J connectivity index is 2.05. The van der Waals surface area contributed by atoms with E-state index in [-0.39, 0.29) is 11.7 Å². The van der Waals surface area contributed by atoms with Gasteiger partial charge in [-0.15, -0.1) is 11.3 Å². The molecule has 0 aliphatic carbocycles. The standard InChI is InChI=1S/C18H14OS/c19-18(15-10-5-2-6-11-15)17(16-12-7-13-20-16)14-8-3-1-4-9-14/h1-13,17H. The lowest BCUT2D eigenvalue weighted by Gasteiger charge is -2.15. The number of ketones is 1. The van der Waals surface area contributed by atoms with Gasteiger partial charge in [0.15, 0.2) is 5.78 Å². The Labute approximate surface area is 122 Å².